The molecule has 0 radical (unpaired) electrons. The van der Waals surface area contributed by atoms with Gasteiger partial charge in [0.15, 0.2) is 11.5 Å². The molecule has 0 aliphatic heterocycles. The molecule has 2 N–H and O–H groups in total. The minimum Gasteiger partial charge on any atom is -0.490 e. The van der Waals surface area contributed by atoms with Crippen molar-refractivity contribution >= 4 is 21.9 Å². The van der Waals surface area contributed by atoms with Gasteiger partial charge in [-0.25, -0.2) is 0 Å². The van der Waals surface area contributed by atoms with Crippen molar-refractivity contribution in [1.82, 2.24) is 5.32 Å². The smallest absolute Gasteiger partial charge is 0.320 e. The number of aliphatic carboxylic acids is 1. The first-order chi connectivity index (χ1) is 10.8. The fourth-order valence-corrected chi connectivity index (χ4v) is 2.62. The van der Waals surface area contributed by atoms with E-state index in [1.54, 1.807) is 0 Å². The summed E-state index contributed by atoms with van der Waals surface area (Å²) >= 11 is 3.52. The molecule has 0 spiro atoms. The van der Waals surface area contributed by atoms with Crippen LogP contribution in [0.1, 0.15) is 40.2 Å². The lowest BCUT2D eigenvalue weighted by atomic mass is 10.0. The van der Waals surface area contributed by atoms with Crippen LogP contribution in [-0.2, 0) is 11.3 Å². The lowest BCUT2D eigenvalue weighted by Crippen LogP contribution is -2.40. The van der Waals surface area contributed by atoms with Crippen LogP contribution in [0.5, 0.6) is 11.5 Å². The molecule has 1 aromatic carbocycles. The summed E-state index contributed by atoms with van der Waals surface area (Å²) in [6.07, 6.45) is 0.0439. The van der Waals surface area contributed by atoms with Gasteiger partial charge in [0.2, 0.25) is 0 Å². The highest BCUT2D eigenvalue weighted by molar-refractivity contribution is 9.10. The topological polar surface area (TPSA) is 67.8 Å². The van der Waals surface area contributed by atoms with Crippen LogP contribution in [0.3, 0.4) is 0 Å². The Morgan fingerprint density at radius 3 is 2.39 bits per heavy atom. The molecule has 23 heavy (non-hydrogen) atoms. The number of carbonyl (C=O) groups is 1. The first kappa shape index (κ1) is 19.8. The fraction of sp³-hybridized carbons (Fsp3) is 0.588. The van der Waals surface area contributed by atoms with Crippen LogP contribution in [0.4, 0.5) is 0 Å². The number of hydrogen-bond donors (Lipinski definition) is 2. The molecule has 0 aliphatic carbocycles. The van der Waals surface area contributed by atoms with Gasteiger partial charge in [0.1, 0.15) is 6.04 Å². The Morgan fingerprint density at radius 2 is 1.91 bits per heavy atom. The Kier molecular flexibility index (Phi) is 7.85. The van der Waals surface area contributed by atoms with Crippen LogP contribution in [0.15, 0.2) is 16.6 Å². The van der Waals surface area contributed by atoms with Crippen LogP contribution in [0.25, 0.3) is 0 Å². The van der Waals surface area contributed by atoms with Gasteiger partial charge >= 0.3 is 5.97 Å². The van der Waals surface area contributed by atoms with Crippen molar-refractivity contribution in [2.75, 3.05) is 6.61 Å². The third-order valence-corrected chi connectivity index (χ3v) is 3.96. The average molecular weight is 388 g/mol. The number of carboxylic acids is 1. The van der Waals surface area contributed by atoms with E-state index >= 15 is 0 Å². The number of benzene rings is 1. The van der Waals surface area contributed by atoms with Crippen LogP contribution >= 0.6 is 15.9 Å². The number of rotatable bonds is 9. The normalized spacial score (nSPS) is 12.5. The van der Waals surface area contributed by atoms with E-state index in [9.17, 15) is 9.90 Å². The summed E-state index contributed by atoms with van der Waals surface area (Å²) in [4.78, 5) is 11.3. The molecule has 0 amide bonds. The molecular weight excluding hydrogens is 362 g/mol. The monoisotopic (exact) mass is 387 g/mol. The number of ether oxygens (including phenoxy) is 2. The Labute approximate surface area is 146 Å². The summed E-state index contributed by atoms with van der Waals surface area (Å²) in [5.41, 5.74) is 0.927. The molecule has 1 rings (SSSR count). The molecule has 1 unspecified atom stereocenters. The molecule has 0 aromatic heterocycles. The van der Waals surface area contributed by atoms with Crippen molar-refractivity contribution in [1.29, 1.82) is 0 Å². The first-order valence-electron chi connectivity index (χ1n) is 7.84. The van der Waals surface area contributed by atoms with Gasteiger partial charge in [0.25, 0.3) is 0 Å². The van der Waals surface area contributed by atoms with E-state index in [4.69, 9.17) is 9.47 Å². The van der Waals surface area contributed by atoms with Crippen molar-refractivity contribution in [3.05, 3.63) is 22.2 Å². The summed E-state index contributed by atoms with van der Waals surface area (Å²) < 4.78 is 12.3. The number of nitrogens with one attached hydrogen (secondary N) is 1. The van der Waals surface area contributed by atoms with E-state index in [2.05, 4.69) is 21.2 Å². The minimum absolute atomic E-state index is 0.00110. The molecule has 0 saturated heterocycles. The Bertz CT molecular complexity index is 532. The molecule has 5 nitrogen and oxygen atoms in total. The zero-order valence-corrected chi connectivity index (χ0v) is 15.9. The zero-order valence-electron chi connectivity index (χ0n) is 14.4. The third kappa shape index (κ3) is 6.03. The van der Waals surface area contributed by atoms with Crippen LogP contribution in [-0.4, -0.2) is 29.8 Å². The van der Waals surface area contributed by atoms with Crippen molar-refractivity contribution in [2.24, 2.45) is 5.92 Å². The summed E-state index contributed by atoms with van der Waals surface area (Å²) in [7, 11) is 0. The van der Waals surface area contributed by atoms with Crippen molar-refractivity contribution in [3.8, 4) is 11.5 Å². The highest BCUT2D eigenvalue weighted by Gasteiger charge is 2.21. The zero-order chi connectivity index (χ0) is 17.6. The largest absolute Gasteiger partial charge is 0.490 e. The van der Waals surface area contributed by atoms with E-state index in [0.29, 0.717) is 24.7 Å². The molecule has 1 atom stereocenters. The van der Waals surface area contributed by atoms with Gasteiger partial charge in [-0.1, -0.05) is 29.8 Å². The van der Waals surface area contributed by atoms with Gasteiger partial charge < -0.3 is 19.9 Å². The lowest BCUT2D eigenvalue weighted by molar-refractivity contribution is -0.140. The molecule has 0 bridgehead atoms. The van der Waals surface area contributed by atoms with Crippen molar-refractivity contribution < 1.29 is 19.4 Å². The fourth-order valence-electron chi connectivity index (χ4n) is 2.16. The Hall–Kier alpha value is -1.27. The second-order valence-electron chi connectivity index (χ2n) is 5.93. The maximum Gasteiger partial charge on any atom is 0.320 e. The van der Waals surface area contributed by atoms with E-state index in [1.165, 1.54) is 0 Å². The van der Waals surface area contributed by atoms with Crippen molar-refractivity contribution in [2.45, 2.75) is 53.3 Å². The number of halogens is 1. The quantitative estimate of drug-likeness (QED) is 0.673. The first-order valence-corrected chi connectivity index (χ1v) is 8.63. The molecule has 0 saturated carbocycles. The molecular formula is C17H26BrNO4. The van der Waals surface area contributed by atoms with E-state index in [0.717, 1.165) is 10.0 Å². The molecule has 0 aliphatic rings. The molecule has 6 heteroatoms. The van der Waals surface area contributed by atoms with Gasteiger partial charge in [0.05, 0.1) is 12.7 Å². The molecule has 130 valence electrons. The van der Waals surface area contributed by atoms with Crippen LogP contribution in [0, 0.1) is 5.92 Å². The third-order valence-electron chi connectivity index (χ3n) is 3.22. The highest BCUT2D eigenvalue weighted by Crippen LogP contribution is 2.34. The molecule has 0 heterocycles. The van der Waals surface area contributed by atoms with E-state index < -0.39 is 12.0 Å². The maximum atomic E-state index is 11.3. The van der Waals surface area contributed by atoms with Crippen LogP contribution in [0.2, 0.25) is 0 Å². The highest BCUT2D eigenvalue weighted by atomic mass is 79.9. The van der Waals surface area contributed by atoms with Crippen molar-refractivity contribution in [3.63, 3.8) is 0 Å². The maximum absolute atomic E-state index is 11.3. The predicted octanol–water partition coefficient (Wildman–Crippen LogP) is 3.83. The van der Waals surface area contributed by atoms with E-state index in [1.807, 2.05) is 46.8 Å². The van der Waals surface area contributed by atoms with Gasteiger partial charge in [0, 0.05) is 11.0 Å². The lowest BCUT2D eigenvalue weighted by Gasteiger charge is -2.20. The molecule has 1 aromatic rings. The summed E-state index contributed by atoms with van der Waals surface area (Å²) in [6.45, 7) is 10.6. The SMILES string of the molecule is CCOc1cc(CNC(C(=O)O)C(C)C)c(Br)cc1OC(C)C. The van der Waals surface area contributed by atoms with Crippen LogP contribution < -0.4 is 14.8 Å². The molecule has 0 fully saturated rings. The Balaban J connectivity index is 2.98. The van der Waals surface area contributed by atoms with Gasteiger partial charge in [-0.05, 0) is 44.4 Å². The van der Waals surface area contributed by atoms with Gasteiger partial charge in [-0.3, -0.25) is 4.79 Å². The second kappa shape index (κ2) is 9.13. The number of carboxylic acid groups (broad SMARTS) is 1. The predicted molar refractivity (Wildman–Crippen MR) is 94.2 cm³/mol. The summed E-state index contributed by atoms with van der Waals surface area (Å²) in [5.74, 6) is 0.496. The average Bonchev–Trinajstić information content (AvgIpc) is 2.42. The van der Waals surface area contributed by atoms with Gasteiger partial charge in [-0.2, -0.15) is 0 Å². The number of hydrogen-bond acceptors (Lipinski definition) is 4. The summed E-state index contributed by atoms with van der Waals surface area (Å²) in [5, 5.41) is 12.3. The standard InChI is InChI=1S/C17H26BrNO4/c1-6-22-14-7-12(9-19-16(10(2)3)17(20)21)13(18)8-15(14)23-11(4)5/h7-8,10-11,16,19H,6,9H2,1-5H3,(H,20,21). The minimum atomic E-state index is -0.846. The Morgan fingerprint density at radius 1 is 1.26 bits per heavy atom. The summed E-state index contributed by atoms with van der Waals surface area (Å²) in [6, 6.07) is 3.16. The van der Waals surface area contributed by atoms with E-state index in [-0.39, 0.29) is 12.0 Å². The second-order valence-corrected chi connectivity index (χ2v) is 6.79. The van der Waals surface area contributed by atoms with Gasteiger partial charge in [-0.15, -0.1) is 0 Å².